The number of hydrogen-bond donors (Lipinski definition) is 0. The average molecular weight is 226 g/mol. The minimum atomic E-state index is 0.462. The molecular weight excluding hydrogens is 216 g/mol. The molecular formula is C13H10N2O2. The van der Waals surface area contributed by atoms with Crippen LogP contribution in [0.4, 0.5) is 5.69 Å². The van der Waals surface area contributed by atoms with Gasteiger partial charge in [-0.05, 0) is 30.3 Å². The van der Waals surface area contributed by atoms with Gasteiger partial charge < -0.3 is 4.74 Å². The van der Waals surface area contributed by atoms with Crippen LogP contribution in [0.1, 0.15) is 5.56 Å². The highest BCUT2D eigenvalue weighted by Gasteiger charge is 1.96. The first-order chi connectivity index (χ1) is 8.38. The zero-order valence-electron chi connectivity index (χ0n) is 9.04. The topological polar surface area (TPSA) is 51.5 Å². The van der Waals surface area contributed by atoms with Crippen molar-refractivity contribution in [2.24, 2.45) is 4.99 Å². The predicted molar refractivity (Wildman–Crippen MR) is 62.8 cm³/mol. The van der Waals surface area contributed by atoms with Crippen molar-refractivity contribution in [3.05, 3.63) is 54.4 Å². The molecule has 1 heterocycles. The molecule has 0 atom stereocenters. The lowest BCUT2D eigenvalue weighted by Crippen LogP contribution is -1.95. The van der Waals surface area contributed by atoms with Crippen LogP contribution in [0.5, 0.6) is 5.75 Å². The van der Waals surface area contributed by atoms with E-state index < -0.39 is 0 Å². The molecule has 2 rings (SSSR count). The lowest BCUT2D eigenvalue weighted by Gasteiger charge is -2.05. The smallest absolute Gasteiger partial charge is 0.240 e. The highest BCUT2D eigenvalue weighted by molar-refractivity contribution is 5.50. The molecule has 2 aromatic rings. The van der Waals surface area contributed by atoms with Crippen LogP contribution in [0.2, 0.25) is 0 Å². The third-order valence-electron chi connectivity index (χ3n) is 2.14. The number of isocyanates is 1. The van der Waals surface area contributed by atoms with Crippen molar-refractivity contribution < 1.29 is 9.53 Å². The summed E-state index contributed by atoms with van der Waals surface area (Å²) in [5.41, 5.74) is 1.57. The van der Waals surface area contributed by atoms with E-state index in [0.717, 1.165) is 11.3 Å². The molecule has 0 amide bonds. The number of aliphatic imine (C=N–C) groups is 1. The fraction of sp³-hybridized carbons (Fsp3) is 0.0769. The summed E-state index contributed by atoms with van der Waals surface area (Å²) in [5.74, 6) is 0.721. The van der Waals surface area contributed by atoms with E-state index in [9.17, 15) is 4.79 Å². The van der Waals surface area contributed by atoms with Crippen molar-refractivity contribution in [3.63, 3.8) is 0 Å². The van der Waals surface area contributed by atoms with Crippen LogP contribution in [-0.4, -0.2) is 11.1 Å². The lowest BCUT2D eigenvalue weighted by atomic mass is 10.3. The van der Waals surface area contributed by atoms with E-state index in [1.165, 1.54) is 6.08 Å². The standard InChI is InChI=1S/C13H10N2O2/c16-10-15-12-3-5-13(6-4-12)17-9-11-2-1-7-14-8-11/h1-8H,9H2. The van der Waals surface area contributed by atoms with Gasteiger partial charge in [0.1, 0.15) is 12.4 Å². The minimum absolute atomic E-state index is 0.462. The van der Waals surface area contributed by atoms with Crippen molar-refractivity contribution in [1.29, 1.82) is 0 Å². The maximum absolute atomic E-state index is 10.0. The molecule has 1 aromatic heterocycles. The molecule has 0 aliphatic heterocycles. The van der Waals surface area contributed by atoms with Crippen LogP contribution in [0.3, 0.4) is 0 Å². The van der Waals surface area contributed by atoms with Crippen molar-refractivity contribution in [3.8, 4) is 5.75 Å². The van der Waals surface area contributed by atoms with Gasteiger partial charge in [-0.25, -0.2) is 4.79 Å². The Bertz CT molecular complexity index is 517. The molecule has 4 nitrogen and oxygen atoms in total. The van der Waals surface area contributed by atoms with Gasteiger partial charge in [0.2, 0.25) is 6.08 Å². The third-order valence-corrected chi connectivity index (χ3v) is 2.14. The number of nitrogens with zero attached hydrogens (tertiary/aromatic N) is 2. The third kappa shape index (κ3) is 3.26. The molecule has 0 saturated carbocycles. The van der Waals surface area contributed by atoms with E-state index in [-0.39, 0.29) is 0 Å². The summed E-state index contributed by atoms with van der Waals surface area (Å²) in [4.78, 5) is 17.5. The number of pyridine rings is 1. The number of carbonyl (C=O) groups excluding carboxylic acids is 1. The molecule has 84 valence electrons. The van der Waals surface area contributed by atoms with E-state index in [4.69, 9.17) is 4.74 Å². The minimum Gasteiger partial charge on any atom is -0.489 e. The van der Waals surface area contributed by atoms with E-state index in [2.05, 4.69) is 9.98 Å². The first-order valence-electron chi connectivity index (χ1n) is 5.08. The summed E-state index contributed by atoms with van der Waals surface area (Å²) < 4.78 is 5.54. The maximum atomic E-state index is 10.0. The molecule has 0 N–H and O–H groups in total. The molecule has 1 aromatic carbocycles. The SMILES string of the molecule is O=C=Nc1ccc(OCc2cccnc2)cc1. The Balaban J connectivity index is 1.98. The Morgan fingerprint density at radius 3 is 2.71 bits per heavy atom. The van der Waals surface area contributed by atoms with Gasteiger partial charge in [0.05, 0.1) is 5.69 Å². The number of aromatic nitrogens is 1. The second-order valence-electron chi connectivity index (χ2n) is 3.35. The summed E-state index contributed by atoms with van der Waals surface area (Å²) in [6, 6.07) is 10.7. The van der Waals surface area contributed by atoms with Crippen molar-refractivity contribution >= 4 is 11.8 Å². The summed E-state index contributed by atoms with van der Waals surface area (Å²) in [5, 5.41) is 0. The molecule has 0 aliphatic rings. The lowest BCUT2D eigenvalue weighted by molar-refractivity contribution is 0.306. The van der Waals surface area contributed by atoms with Crippen molar-refractivity contribution in [2.45, 2.75) is 6.61 Å². The van der Waals surface area contributed by atoms with E-state index in [1.807, 2.05) is 12.1 Å². The molecule has 17 heavy (non-hydrogen) atoms. The number of ether oxygens (including phenoxy) is 1. The van der Waals surface area contributed by atoms with Crippen molar-refractivity contribution in [1.82, 2.24) is 4.98 Å². The van der Waals surface area contributed by atoms with Crippen LogP contribution in [0, 0.1) is 0 Å². The van der Waals surface area contributed by atoms with Gasteiger partial charge in [-0.3, -0.25) is 4.98 Å². The van der Waals surface area contributed by atoms with Crippen molar-refractivity contribution in [2.75, 3.05) is 0 Å². The summed E-state index contributed by atoms with van der Waals surface area (Å²) in [6.07, 6.45) is 4.96. The quantitative estimate of drug-likeness (QED) is 0.594. The first-order valence-corrected chi connectivity index (χ1v) is 5.08. The largest absolute Gasteiger partial charge is 0.489 e. The molecule has 0 saturated heterocycles. The number of benzene rings is 1. The van der Waals surface area contributed by atoms with Gasteiger partial charge in [0.25, 0.3) is 0 Å². The Morgan fingerprint density at radius 2 is 2.06 bits per heavy atom. The van der Waals surface area contributed by atoms with Gasteiger partial charge in [-0.2, -0.15) is 4.99 Å². The predicted octanol–water partition coefficient (Wildman–Crippen LogP) is 2.63. The second-order valence-corrected chi connectivity index (χ2v) is 3.35. The fourth-order valence-electron chi connectivity index (χ4n) is 1.32. The Morgan fingerprint density at radius 1 is 1.24 bits per heavy atom. The van der Waals surface area contributed by atoms with E-state index in [1.54, 1.807) is 36.7 Å². The average Bonchev–Trinajstić information content (AvgIpc) is 2.40. The Hall–Kier alpha value is -2.45. The molecule has 0 fully saturated rings. The fourth-order valence-corrected chi connectivity index (χ4v) is 1.32. The number of hydrogen-bond acceptors (Lipinski definition) is 4. The van der Waals surface area contributed by atoms with Crippen LogP contribution < -0.4 is 4.74 Å². The van der Waals surface area contributed by atoms with Gasteiger partial charge in [0.15, 0.2) is 0 Å². The van der Waals surface area contributed by atoms with Crippen LogP contribution in [0.25, 0.3) is 0 Å². The van der Waals surface area contributed by atoms with Gasteiger partial charge >= 0.3 is 0 Å². The molecule has 0 unspecified atom stereocenters. The normalized spacial score (nSPS) is 9.41. The zero-order chi connectivity index (χ0) is 11.9. The van der Waals surface area contributed by atoms with Crippen LogP contribution in [0.15, 0.2) is 53.8 Å². The molecule has 0 aliphatic carbocycles. The first kappa shape index (κ1) is 11.0. The van der Waals surface area contributed by atoms with E-state index >= 15 is 0 Å². The molecule has 0 spiro atoms. The highest BCUT2D eigenvalue weighted by Crippen LogP contribution is 2.18. The summed E-state index contributed by atoms with van der Waals surface area (Å²) >= 11 is 0. The van der Waals surface area contributed by atoms with Crippen LogP contribution >= 0.6 is 0 Å². The van der Waals surface area contributed by atoms with Crippen LogP contribution in [-0.2, 0) is 11.4 Å². The summed E-state index contributed by atoms with van der Waals surface area (Å²) in [7, 11) is 0. The maximum Gasteiger partial charge on any atom is 0.240 e. The Kier molecular flexibility index (Phi) is 3.63. The monoisotopic (exact) mass is 226 g/mol. The zero-order valence-corrected chi connectivity index (χ0v) is 9.04. The highest BCUT2D eigenvalue weighted by atomic mass is 16.5. The van der Waals surface area contributed by atoms with Gasteiger partial charge in [-0.1, -0.05) is 6.07 Å². The summed E-state index contributed by atoms with van der Waals surface area (Å²) in [6.45, 7) is 0.462. The second kappa shape index (κ2) is 5.58. The molecule has 4 heteroatoms. The molecule has 0 bridgehead atoms. The van der Waals surface area contributed by atoms with Gasteiger partial charge in [0, 0.05) is 18.0 Å². The molecule has 0 radical (unpaired) electrons. The number of rotatable bonds is 4. The van der Waals surface area contributed by atoms with Gasteiger partial charge in [-0.15, -0.1) is 0 Å². The van der Waals surface area contributed by atoms with E-state index in [0.29, 0.717) is 12.3 Å². The Labute approximate surface area is 98.6 Å².